The van der Waals surface area contributed by atoms with E-state index < -0.39 is 0 Å². The minimum Gasteiger partial charge on any atom is -0.301 e. The summed E-state index contributed by atoms with van der Waals surface area (Å²) in [6.45, 7) is 7.73. The minimum atomic E-state index is -0.303. The first-order chi connectivity index (χ1) is 11.0. The van der Waals surface area contributed by atoms with E-state index in [1.165, 1.54) is 20.5 Å². The molecule has 0 bridgehead atoms. The molecule has 122 valence electrons. The third kappa shape index (κ3) is 3.12. The van der Waals surface area contributed by atoms with Crippen LogP contribution >= 0.6 is 11.3 Å². The van der Waals surface area contributed by atoms with Crippen molar-refractivity contribution >= 4 is 21.6 Å². The van der Waals surface area contributed by atoms with Gasteiger partial charge in [0.25, 0.3) is 5.56 Å². The van der Waals surface area contributed by atoms with E-state index in [0.717, 1.165) is 15.2 Å². The van der Waals surface area contributed by atoms with Crippen LogP contribution in [0.3, 0.4) is 0 Å². The summed E-state index contributed by atoms with van der Waals surface area (Å²) in [5, 5.41) is 0.763. The third-order valence-corrected chi connectivity index (χ3v) is 4.78. The quantitative estimate of drug-likeness (QED) is 0.725. The first-order valence-corrected chi connectivity index (χ1v) is 8.42. The molecule has 0 N–H and O–H groups in total. The van der Waals surface area contributed by atoms with Gasteiger partial charge in [0.15, 0.2) is 0 Å². The highest BCUT2D eigenvalue weighted by Crippen LogP contribution is 2.21. The highest BCUT2D eigenvalue weighted by atomic mass is 32.1. The Labute approximate surface area is 138 Å². The lowest BCUT2D eigenvalue weighted by atomic mass is 10.2. The maximum Gasteiger partial charge on any atom is 0.331 e. The molecule has 0 radical (unpaired) electrons. The molecular formula is C17H21N3O2S. The molecule has 0 aliphatic rings. The number of thiazole rings is 1. The van der Waals surface area contributed by atoms with Crippen LogP contribution in [0, 0.1) is 13.8 Å². The van der Waals surface area contributed by atoms with Gasteiger partial charge >= 0.3 is 5.69 Å². The number of para-hydroxylation sites is 1. The first-order valence-electron chi connectivity index (χ1n) is 7.60. The van der Waals surface area contributed by atoms with Crippen molar-refractivity contribution in [3.8, 4) is 0 Å². The zero-order valence-electron chi connectivity index (χ0n) is 14.1. The third-order valence-electron chi connectivity index (χ3n) is 3.76. The average Bonchev–Trinajstić information content (AvgIpc) is 2.99. The van der Waals surface area contributed by atoms with Gasteiger partial charge in [-0.1, -0.05) is 26.0 Å². The SMILES string of the molecule is CC.Cc1c(C)n(C)c(=O)n(Cc2nc3ccccc3s2)c1=O. The number of fused-ring (bicyclic) bond motifs is 1. The summed E-state index contributed by atoms with van der Waals surface area (Å²) in [5.41, 5.74) is 1.65. The van der Waals surface area contributed by atoms with Crippen LogP contribution in [0.15, 0.2) is 33.9 Å². The average molecular weight is 331 g/mol. The first kappa shape index (κ1) is 17.1. The standard InChI is InChI=1S/C15H15N3O2S.C2H6/c1-9-10(2)17(3)15(20)18(14(9)19)8-13-16-11-6-4-5-7-12(11)21-13;1-2/h4-7H,8H2,1-3H3;1-2H3. The predicted molar refractivity (Wildman–Crippen MR) is 95.5 cm³/mol. The molecule has 0 amide bonds. The fourth-order valence-corrected chi connectivity index (χ4v) is 3.24. The Bertz CT molecular complexity index is 880. The second kappa shape index (κ2) is 6.91. The largest absolute Gasteiger partial charge is 0.331 e. The molecule has 6 heteroatoms. The number of rotatable bonds is 2. The fraction of sp³-hybridized carbons (Fsp3) is 0.353. The Morgan fingerprint density at radius 1 is 1.13 bits per heavy atom. The molecule has 0 saturated heterocycles. The molecule has 0 saturated carbocycles. The minimum absolute atomic E-state index is 0.214. The summed E-state index contributed by atoms with van der Waals surface area (Å²) in [7, 11) is 1.68. The second-order valence-electron chi connectivity index (χ2n) is 5.02. The molecule has 0 fully saturated rings. The Hall–Kier alpha value is -2.21. The monoisotopic (exact) mass is 331 g/mol. The Kier molecular flexibility index (Phi) is 5.15. The van der Waals surface area contributed by atoms with E-state index in [4.69, 9.17) is 0 Å². The predicted octanol–water partition coefficient (Wildman–Crippen LogP) is 2.85. The maximum absolute atomic E-state index is 12.3. The molecule has 1 aromatic carbocycles. The molecule has 0 unspecified atom stereocenters. The topological polar surface area (TPSA) is 56.9 Å². The molecule has 3 rings (SSSR count). The van der Waals surface area contributed by atoms with Gasteiger partial charge in [0.05, 0.1) is 16.8 Å². The lowest BCUT2D eigenvalue weighted by Crippen LogP contribution is -2.41. The van der Waals surface area contributed by atoms with E-state index in [1.807, 2.05) is 38.1 Å². The van der Waals surface area contributed by atoms with E-state index in [9.17, 15) is 9.59 Å². The summed E-state index contributed by atoms with van der Waals surface area (Å²) < 4.78 is 3.81. The van der Waals surface area contributed by atoms with Crippen molar-refractivity contribution in [3.05, 3.63) is 61.4 Å². The maximum atomic E-state index is 12.3. The molecule has 2 aromatic heterocycles. The van der Waals surface area contributed by atoms with E-state index in [2.05, 4.69) is 4.98 Å². The summed E-state index contributed by atoms with van der Waals surface area (Å²) in [5.74, 6) is 0. The van der Waals surface area contributed by atoms with E-state index >= 15 is 0 Å². The Morgan fingerprint density at radius 3 is 2.43 bits per heavy atom. The summed E-state index contributed by atoms with van der Waals surface area (Å²) in [6.07, 6.45) is 0. The lowest BCUT2D eigenvalue weighted by molar-refractivity contribution is 0.618. The van der Waals surface area contributed by atoms with Gasteiger partial charge in [0.2, 0.25) is 0 Å². The Balaban J connectivity index is 0.000000924. The van der Waals surface area contributed by atoms with Crippen molar-refractivity contribution < 1.29 is 0 Å². The molecule has 3 aromatic rings. The zero-order chi connectivity index (χ0) is 17.1. The molecule has 5 nitrogen and oxygen atoms in total. The molecule has 2 heterocycles. The van der Waals surface area contributed by atoms with Crippen LogP contribution in [-0.4, -0.2) is 14.1 Å². The smallest absolute Gasteiger partial charge is 0.301 e. The van der Waals surface area contributed by atoms with Crippen molar-refractivity contribution in [2.45, 2.75) is 34.2 Å². The van der Waals surface area contributed by atoms with Crippen molar-refractivity contribution in [1.29, 1.82) is 0 Å². The van der Waals surface area contributed by atoms with Gasteiger partial charge in [-0.05, 0) is 26.0 Å². The molecule has 0 atom stereocenters. The van der Waals surface area contributed by atoms with Crippen molar-refractivity contribution in [3.63, 3.8) is 0 Å². The second-order valence-corrected chi connectivity index (χ2v) is 6.13. The molecule has 0 aliphatic heterocycles. The number of nitrogens with zero attached hydrogens (tertiary/aromatic N) is 3. The summed E-state index contributed by atoms with van der Waals surface area (Å²) in [6, 6.07) is 7.78. The lowest BCUT2D eigenvalue weighted by Gasteiger charge is -2.10. The van der Waals surface area contributed by atoms with Crippen molar-refractivity contribution in [2.24, 2.45) is 7.05 Å². The van der Waals surface area contributed by atoms with Gasteiger partial charge in [0, 0.05) is 18.3 Å². The van der Waals surface area contributed by atoms with Gasteiger partial charge in [-0.15, -0.1) is 11.3 Å². The van der Waals surface area contributed by atoms with Crippen LogP contribution in [0.1, 0.15) is 30.1 Å². The molecular weight excluding hydrogens is 310 g/mol. The molecule has 23 heavy (non-hydrogen) atoms. The van der Waals surface area contributed by atoms with Crippen molar-refractivity contribution in [2.75, 3.05) is 0 Å². The zero-order valence-corrected chi connectivity index (χ0v) is 14.9. The van der Waals surface area contributed by atoms with Gasteiger partial charge in [-0.2, -0.15) is 0 Å². The van der Waals surface area contributed by atoms with Gasteiger partial charge in [-0.25, -0.2) is 9.78 Å². The number of aromatic nitrogens is 3. The van der Waals surface area contributed by atoms with E-state index in [0.29, 0.717) is 11.3 Å². The fourth-order valence-electron chi connectivity index (χ4n) is 2.28. The highest BCUT2D eigenvalue weighted by Gasteiger charge is 2.13. The van der Waals surface area contributed by atoms with Crippen LogP contribution in [0.4, 0.5) is 0 Å². The van der Waals surface area contributed by atoms with Crippen LogP contribution in [0.5, 0.6) is 0 Å². The van der Waals surface area contributed by atoms with Crippen LogP contribution in [0.25, 0.3) is 10.2 Å². The van der Waals surface area contributed by atoms with Crippen LogP contribution in [-0.2, 0) is 13.6 Å². The van der Waals surface area contributed by atoms with Gasteiger partial charge in [0.1, 0.15) is 5.01 Å². The van der Waals surface area contributed by atoms with Gasteiger partial charge < -0.3 is 4.57 Å². The Morgan fingerprint density at radius 2 is 1.78 bits per heavy atom. The number of hydrogen-bond donors (Lipinski definition) is 0. The highest BCUT2D eigenvalue weighted by molar-refractivity contribution is 7.18. The number of benzene rings is 1. The van der Waals surface area contributed by atoms with Gasteiger partial charge in [-0.3, -0.25) is 9.36 Å². The van der Waals surface area contributed by atoms with E-state index in [-0.39, 0.29) is 17.8 Å². The normalized spacial score (nSPS) is 10.5. The summed E-state index contributed by atoms with van der Waals surface area (Å²) in [4.78, 5) is 29.1. The summed E-state index contributed by atoms with van der Waals surface area (Å²) >= 11 is 1.51. The van der Waals surface area contributed by atoms with E-state index in [1.54, 1.807) is 20.9 Å². The van der Waals surface area contributed by atoms with Crippen molar-refractivity contribution in [1.82, 2.24) is 14.1 Å². The van der Waals surface area contributed by atoms with Crippen LogP contribution in [0.2, 0.25) is 0 Å². The number of hydrogen-bond acceptors (Lipinski definition) is 4. The van der Waals surface area contributed by atoms with Crippen LogP contribution < -0.4 is 11.2 Å². The molecule has 0 aliphatic carbocycles. The molecule has 0 spiro atoms.